The van der Waals surface area contributed by atoms with Crippen LogP contribution >= 0.6 is 15.9 Å². The van der Waals surface area contributed by atoms with Gasteiger partial charge in [-0.05, 0) is 24.6 Å². The van der Waals surface area contributed by atoms with Gasteiger partial charge in [-0.1, -0.05) is 28.1 Å². The highest BCUT2D eigenvalue weighted by molar-refractivity contribution is 9.10. The highest BCUT2D eigenvalue weighted by atomic mass is 79.9. The first-order valence-electron chi connectivity index (χ1n) is 6.82. The van der Waals surface area contributed by atoms with Gasteiger partial charge in [-0.3, -0.25) is 9.59 Å². The fourth-order valence-electron chi connectivity index (χ4n) is 1.90. The predicted molar refractivity (Wildman–Crippen MR) is 85.3 cm³/mol. The molecule has 0 radical (unpaired) electrons. The summed E-state index contributed by atoms with van der Waals surface area (Å²) in [6.45, 7) is 3.20. The minimum Gasteiger partial charge on any atom is -0.480 e. The van der Waals surface area contributed by atoms with Crippen LogP contribution < -0.4 is 5.32 Å². The number of hydrogen-bond donors (Lipinski definition) is 2. The summed E-state index contributed by atoms with van der Waals surface area (Å²) in [5.74, 6) is -1.59. The zero-order valence-corrected chi connectivity index (χ0v) is 14.1. The Bertz CT molecular complexity index is 545. The Morgan fingerprint density at radius 2 is 1.86 bits per heavy atom. The third kappa shape index (κ3) is 5.85. The van der Waals surface area contributed by atoms with Crippen LogP contribution in [0, 0.1) is 0 Å². The first-order chi connectivity index (χ1) is 10.3. The molecule has 0 aromatic heterocycles. The van der Waals surface area contributed by atoms with Gasteiger partial charge in [0.15, 0.2) is 0 Å². The topological polar surface area (TPSA) is 86.7 Å². The molecule has 0 saturated carbocycles. The maximum atomic E-state index is 12.4. The number of aliphatic carboxylic acids is 1. The molecule has 120 valence electrons. The second kappa shape index (κ2) is 8.53. The smallest absolute Gasteiger partial charge is 0.326 e. The molecule has 0 aliphatic heterocycles. The number of nitrogens with zero attached hydrogens (tertiary/aromatic N) is 1. The van der Waals surface area contributed by atoms with E-state index in [9.17, 15) is 14.4 Å². The SMILES string of the molecule is CC(=O)NCCN(C(=O)Cc1ccc(Br)cc1)C(C)C(=O)O. The monoisotopic (exact) mass is 370 g/mol. The molecule has 22 heavy (non-hydrogen) atoms. The van der Waals surface area contributed by atoms with Crippen molar-refractivity contribution in [2.24, 2.45) is 0 Å². The Morgan fingerprint density at radius 3 is 2.36 bits per heavy atom. The van der Waals surface area contributed by atoms with E-state index >= 15 is 0 Å². The summed E-state index contributed by atoms with van der Waals surface area (Å²) in [7, 11) is 0. The van der Waals surface area contributed by atoms with Gasteiger partial charge in [0.2, 0.25) is 11.8 Å². The number of amides is 2. The van der Waals surface area contributed by atoms with E-state index < -0.39 is 12.0 Å². The molecule has 7 heteroatoms. The lowest BCUT2D eigenvalue weighted by molar-refractivity contribution is -0.149. The molecule has 1 aromatic rings. The van der Waals surface area contributed by atoms with Gasteiger partial charge in [0.25, 0.3) is 0 Å². The molecule has 0 heterocycles. The van der Waals surface area contributed by atoms with Crippen LogP contribution in [0.5, 0.6) is 0 Å². The molecule has 1 atom stereocenters. The summed E-state index contributed by atoms with van der Waals surface area (Å²) < 4.78 is 0.908. The maximum Gasteiger partial charge on any atom is 0.326 e. The summed E-state index contributed by atoms with van der Waals surface area (Å²) in [4.78, 5) is 35.7. The van der Waals surface area contributed by atoms with Crippen LogP contribution in [0.2, 0.25) is 0 Å². The highest BCUT2D eigenvalue weighted by Gasteiger charge is 2.25. The Hall–Kier alpha value is -1.89. The number of rotatable bonds is 7. The largest absolute Gasteiger partial charge is 0.480 e. The van der Waals surface area contributed by atoms with E-state index in [0.717, 1.165) is 10.0 Å². The second-order valence-electron chi connectivity index (χ2n) is 4.89. The third-order valence-corrected chi connectivity index (χ3v) is 3.67. The molecule has 6 nitrogen and oxygen atoms in total. The van der Waals surface area contributed by atoms with Crippen molar-refractivity contribution in [3.8, 4) is 0 Å². The van der Waals surface area contributed by atoms with Crippen molar-refractivity contribution in [1.29, 1.82) is 0 Å². The molecule has 1 unspecified atom stereocenters. The summed E-state index contributed by atoms with van der Waals surface area (Å²) in [6, 6.07) is 6.31. The molecule has 2 amide bonds. The van der Waals surface area contributed by atoms with E-state index in [0.29, 0.717) is 0 Å². The Labute approximate surface area is 137 Å². The summed E-state index contributed by atoms with van der Waals surface area (Å²) >= 11 is 3.32. The van der Waals surface area contributed by atoms with E-state index in [-0.39, 0.29) is 31.3 Å². The molecular weight excluding hydrogens is 352 g/mol. The highest BCUT2D eigenvalue weighted by Crippen LogP contribution is 2.12. The number of carboxylic acid groups (broad SMARTS) is 1. The van der Waals surface area contributed by atoms with Gasteiger partial charge in [-0.25, -0.2) is 4.79 Å². The van der Waals surface area contributed by atoms with Gasteiger partial charge >= 0.3 is 5.97 Å². The molecule has 0 aliphatic carbocycles. The van der Waals surface area contributed by atoms with E-state index in [2.05, 4.69) is 21.2 Å². The first kappa shape index (κ1) is 18.2. The summed E-state index contributed by atoms with van der Waals surface area (Å²) in [6.07, 6.45) is 0.116. The molecule has 0 aliphatic rings. The van der Waals surface area contributed by atoms with Crippen LogP contribution in [0.3, 0.4) is 0 Å². The van der Waals surface area contributed by atoms with Gasteiger partial charge in [0, 0.05) is 24.5 Å². The lowest BCUT2D eigenvalue weighted by Gasteiger charge is -2.26. The number of hydrogen-bond acceptors (Lipinski definition) is 3. The van der Waals surface area contributed by atoms with Crippen LogP contribution in [0.4, 0.5) is 0 Å². The van der Waals surface area contributed by atoms with Crippen LogP contribution in [0.25, 0.3) is 0 Å². The van der Waals surface area contributed by atoms with Crippen molar-refractivity contribution in [2.45, 2.75) is 26.3 Å². The Morgan fingerprint density at radius 1 is 1.27 bits per heavy atom. The number of carbonyl (C=O) groups is 3. The number of nitrogens with one attached hydrogen (secondary N) is 1. The van der Waals surface area contributed by atoms with Crippen molar-refractivity contribution in [3.05, 3.63) is 34.3 Å². The Balaban J connectivity index is 2.75. The Kier molecular flexibility index (Phi) is 7.04. The van der Waals surface area contributed by atoms with Crippen molar-refractivity contribution in [1.82, 2.24) is 10.2 Å². The van der Waals surface area contributed by atoms with Crippen LogP contribution in [-0.2, 0) is 20.8 Å². The minimum atomic E-state index is -1.08. The van der Waals surface area contributed by atoms with E-state index in [4.69, 9.17) is 5.11 Å². The molecule has 0 fully saturated rings. The van der Waals surface area contributed by atoms with Gasteiger partial charge in [-0.15, -0.1) is 0 Å². The predicted octanol–water partition coefficient (Wildman–Crippen LogP) is 1.43. The van der Waals surface area contributed by atoms with Gasteiger partial charge in [0.05, 0.1) is 6.42 Å². The van der Waals surface area contributed by atoms with Crippen molar-refractivity contribution in [2.75, 3.05) is 13.1 Å². The van der Waals surface area contributed by atoms with Gasteiger partial charge < -0.3 is 15.3 Å². The van der Waals surface area contributed by atoms with Gasteiger partial charge in [0.1, 0.15) is 6.04 Å². The average Bonchev–Trinajstić information content (AvgIpc) is 2.45. The van der Waals surface area contributed by atoms with Crippen molar-refractivity contribution in [3.63, 3.8) is 0 Å². The molecular formula is C15H19BrN2O4. The second-order valence-corrected chi connectivity index (χ2v) is 5.80. The molecule has 0 saturated heterocycles. The lowest BCUT2D eigenvalue weighted by atomic mass is 10.1. The molecule has 1 aromatic carbocycles. The fourth-order valence-corrected chi connectivity index (χ4v) is 2.16. The number of halogens is 1. The number of carboxylic acids is 1. The standard InChI is InChI=1S/C15H19BrN2O4/c1-10(15(21)22)18(8-7-17-11(2)19)14(20)9-12-3-5-13(16)6-4-12/h3-6,10H,7-9H2,1-2H3,(H,17,19)(H,21,22). The molecule has 2 N–H and O–H groups in total. The van der Waals surface area contributed by atoms with Crippen molar-refractivity contribution >= 4 is 33.7 Å². The summed E-state index contributed by atoms with van der Waals surface area (Å²) in [5.41, 5.74) is 0.801. The van der Waals surface area contributed by atoms with Crippen LogP contribution in [0.1, 0.15) is 19.4 Å². The molecule has 1 rings (SSSR count). The van der Waals surface area contributed by atoms with Crippen LogP contribution in [-0.4, -0.2) is 46.9 Å². The zero-order valence-electron chi connectivity index (χ0n) is 12.5. The van der Waals surface area contributed by atoms with Crippen LogP contribution in [0.15, 0.2) is 28.7 Å². The third-order valence-electron chi connectivity index (χ3n) is 3.14. The maximum absolute atomic E-state index is 12.4. The van der Waals surface area contributed by atoms with E-state index in [1.165, 1.54) is 18.7 Å². The number of carbonyl (C=O) groups excluding carboxylic acids is 2. The summed E-state index contributed by atoms with van der Waals surface area (Å²) in [5, 5.41) is 11.7. The average molecular weight is 371 g/mol. The molecule has 0 spiro atoms. The zero-order chi connectivity index (χ0) is 16.7. The molecule has 0 bridgehead atoms. The first-order valence-corrected chi connectivity index (χ1v) is 7.61. The lowest BCUT2D eigenvalue weighted by Crippen LogP contribution is -2.47. The van der Waals surface area contributed by atoms with E-state index in [1.807, 2.05) is 12.1 Å². The number of benzene rings is 1. The minimum absolute atomic E-state index is 0.116. The van der Waals surface area contributed by atoms with Gasteiger partial charge in [-0.2, -0.15) is 0 Å². The van der Waals surface area contributed by atoms with Crippen molar-refractivity contribution < 1.29 is 19.5 Å². The normalized spacial score (nSPS) is 11.6. The van der Waals surface area contributed by atoms with E-state index in [1.54, 1.807) is 12.1 Å². The fraction of sp³-hybridized carbons (Fsp3) is 0.400. The quantitative estimate of drug-likeness (QED) is 0.759.